The summed E-state index contributed by atoms with van der Waals surface area (Å²) in [4.78, 5) is 2.64. The molecule has 2 heteroatoms. The predicted octanol–water partition coefficient (Wildman–Crippen LogP) is 3.27. The first kappa shape index (κ1) is 10.8. The van der Waals surface area contributed by atoms with Gasteiger partial charge in [-0.05, 0) is 38.1 Å². The lowest BCUT2D eigenvalue weighted by Gasteiger charge is -2.30. The molecule has 1 atom stereocenters. The average molecular weight is 216 g/mol. The summed E-state index contributed by atoms with van der Waals surface area (Å²) < 4.78 is 0. The van der Waals surface area contributed by atoms with E-state index in [1.54, 1.807) is 0 Å². The third-order valence-electron chi connectivity index (χ3n) is 3.89. The molecule has 1 nitrogen and oxygen atoms in total. The van der Waals surface area contributed by atoms with Crippen molar-refractivity contribution in [3.05, 3.63) is 0 Å². The number of rotatable bonds is 3. The quantitative estimate of drug-likeness (QED) is 0.654. The van der Waals surface area contributed by atoms with Crippen LogP contribution in [0.3, 0.4) is 0 Å². The maximum Gasteiger partial charge on any atom is 0.0379 e. The number of nitrogens with zero attached hydrogens (tertiary/aromatic N) is 1. The van der Waals surface area contributed by atoms with Gasteiger partial charge in [-0.1, -0.05) is 19.3 Å². The van der Waals surface area contributed by atoms with Crippen LogP contribution in [0.15, 0.2) is 0 Å². The molecule has 2 fully saturated rings. The molecule has 0 amide bonds. The van der Waals surface area contributed by atoms with Gasteiger partial charge in [0.15, 0.2) is 0 Å². The highest BCUT2D eigenvalue weighted by Crippen LogP contribution is 2.27. The fraction of sp³-hybridized carbons (Fsp3) is 1.00. The monoisotopic (exact) mass is 215 g/mol. The Kier molecular flexibility index (Phi) is 4.12. The maximum atomic E-state index is 5.98. The smallest absolute Gasteiger partial charge is 0.0379 e. The molecule has 1 saturated heterocycles. The third-order valence-corrected chi connectivity index (χ3v) is 4.25. The summed E-state index contributed by atoms with van der Waals surface area (Å²) >= 11 is 5.98. The van der Waals surface area contributed by atoms with E-state index in [1.807, 2.05) is 0 Å². The van der Waals surface area contributed by atoms with Crippen molar-refractivity contribution in [2.75, 3.05) is 19.0 Å². The lowest BCUT2D eigenvalue weighted by Crippen LogP contribution is -2.35. The van der Waals surface area contributed by atoms with Gasteiger partial charge in [0.05, 0.1) is 0 Å². The molecule has 1 aliphatic heterocycles. The first-order valence-electron chi connectivity index (χ1n) is 6.20. The summed E-state index contributed by atoms with van der Waals surface area (Å²) in [6.45, 7) is 2.63. The van der Waals surface area contributed by atoms with E-state index in [4.69, 9.17) is 11.6 Å². The normalized spacial score (nSPS) is 31.1. The van der Waals surface area contributed by atoms with Crippen molar-refractivity contribution in [3.63, 3.8) is 0 Å². The standard InChI is InChI=1S/C12H22ClN/c13-9-12-7-4-8-14(12)10-11-5-2-1-3-6-11/h11-12H,1-10H2. The summed E-state index contributed by atoms with van der Waals surface area (Å²) in [5, 5.41) is 0. The lowest BCUT2D eigenvalue weighted by atomic mass is 9.89. The summed E-state index contributed by atoms with van der Waals surface area (Å²) in [7, 11) is 0. The molecule has 0 spiro atoms. The Balaban J connectivity index is 1.77. The molecule has 0 N–H and O–H groups in total. The van der Waals surface area contributed by atoms with Gasteiger partial charge < -0.3 is 0 Å². The van der Waals surface area contributed by atoms with Gasteiger partial charge in [-0.25, -0.2) is 0 Å². The Bertz CT molecular complexity index is 166. The van der Waals surface area contributed by atoms with E-state index in [-0.39, 0.29) is 0 Å². The first-order chi connectivity index (χ1) is 6.90. The van der Waals surface area contributed by atoms with Crippen LogP contribution in [0.5, 0.6) is 0 Å². The van der Waals surface area contributed by atoms with Gasteiger partial charge in [0.2, 0.25) is 0 Å². The fourth-order valence-corrected chi connectivity index (χ4v) is 3.36. The molecule has 2 aliphatic rings. The zero-order chi connectivity index (χ0) is 9.80. The summed E-state index contributed by atoms with van der Waals surface area (Å²) in [5.74, 6) is 1.82. The Morgan fingerprint density at radius 3 is 2.50 bits per heavy atom. The van der Waals surface area contributed by atoms with Crippen LogP contribution in [0, 0.1) is 5.92 Å². The number of halogens is 1. The van der Waals surface area contributed by atoms with Crippen molar-refractivity contribution in [1.82, 2.24) is 4.90 Å². The van der Waals surface area contributed by atoms with Gasteiger partial charge in [0, 0.05) is 18.5 Å². The summed E-state index contributed by atoms with van der Waals surface area (Å²) in [6.07, 6.45) is 10.0. The Morgan fingerprint density at radius 1 is 1.00 bits per heavy atom. The van der Waals surface area contributed by atoms with E-state index in [0.717, 1.165) is 11.8 Å². The molecule has 14 heavy (non-hydrogen) atoms. The van der Waals surface area contributed by atoms with Gasteiger partial charge in [-0.15, -0.1) is 11.6 Å². The van der Waals surface area contributed by atoms with E-state index < -0.39 is 0 Å². The van der Waals surface area contributed by atoms with Crippen LogP contribution in [0.4, 0.5) is 0 Å². The minimum absolute atomic E-state index is 0.693. The molecule has 1 aliphatic carbocycles. The zero-order valence-corrected chi connectivity index (χ0v) is 9.81. The molecule has 0 aromatic carbocycles. The summed E-state index contributed by atoms with van der Waals surface area (Å²) in [6, 6.07) is 0.693. The molecule has 0 radical (unpaired) electrons. The van der Waals surface area contributed by atoms with E-state index >= 15 is 0 Å². The molecule has 0 aromatic heterocycles. The first-order valence-corrected chi connectivity index (χ1v) is 6.73. The van der Waals surface area contributed by atoms with Crippen molar-refractivity contribution in [1.29, 1.82) is 0 Å². The minimum Gasteiger partial charge on any atom is -0.299 e. The SMILES string of the molecule is ClCC1CCCN1CC1CCCCC1. The van der Waals surface area contributed by atoms with Crippen LogP contribution in [0.1, 0.15) is 44.9 Å². The number of alkyl halides is 1. The Labute approximate surface area is 92.8 Å². The second-order valence-electron chi connectivity index (χ2n) is 4.95. The van der Waals surface area contributed by atoms with E-state index in [9.17, 15) is 0 Å². The van der Waals surface area contributed by atoms with Gasteiger partial charge in [-0.2, -0.15) is 0 Å². The van der Waals surface area contributed by atoms with Crippen molar-refractivity contribution in [3.8, 4) is 0 Å². The molecule has 1 heterocycles. The molecule has 0 aromatic rings. The molecule has 82 valence electrons. The largest absolute Gasteiger partial charge is 0.299 e. The van der Waals surface area contributed by atoms with Gasteiger partial charge in [0.1, 0.15) is 0 Å². The summed E-state index contributed by atoms with van der Waals surface area (Å²) in [5.41, 5.74) is 0. The molecular formula is C12H22ClN. The number of hydrogen-bond acceptors (Lipinski definition) is 1. The maximum absolute atomic E-state index is 5.98. The Hall–Kier alpha value is 0.250. The van der Waals surface area contributed by atoms with Crippen molar-refractivity contribution < 1.29 is 0 Å². The topological polar surface area (TPSA) is 3.24 Å². The highest BCUT2D eigenvalue weighted by molar-refractivity contribution is 6.18. The van der Waals surface area contributed by atoms with Crippen molar-refractivity contribution >= 4 is 11.6 Å². The van der Waals surface area contributed by atoms with E-state index in [2.05, 4.69) is 4.90 Å². The van der Waals surface area contributed by atoms with Crippen LogP contribution in [-0.2, 0) is 0 Å². The second kappa shape index (κ2) is 5.37. The highest BCUT2D eigenvalue weighted by atomic mass is 35.5. The van der Waals surface area contributed by atoms with E-state index in [0.29, 0.717) is 6.04 Å². The molecule has 2 rings (SSSR count). The van der Waals surface area contributed by atoms with Gasteiger partial charge in [0.25, 0.3) is 0 Å². The molecule has 1 saturated carbocycles. The molecule has 0 bridgehead atoms. The minimum atomic E-state index is 0.693. The van der Waals surface area contributed by atoms with Gasteiger partial charge in [-0.3, -0.25) is 4.90 Å². The fourth-order valence-electron chi connectivity index (χ4n) is 3.01. The van der Waals surface area contributed by atoms with Gasteiger partial charge >= 0.3 is 0 Å². The van der Waals surface area contributed by atoms with Crippen molar-refractivity contribution in [2.24, 2.45) is 5.92 Å². The van der Waals surface area contributed by atoms with Crippen LogP contribution in [0.25, 0.3) is 0 Å². The Morgan fingerprint density at radius 2 is 1.79 bits per heavy atom. The van der Waals surface area contributed by atoms with Crippen LogP contribution < -0.4 is 0 Å². The molecule has 1 unspecified atom stereocenters. The van der Waals surface area contributed by atoms with Crippen LogP contribution >= 0.6 is 11.6 Å². The number of likely N-dealkylation sites (tertiary alicyclic amines) is 1. The predicted molar refractivity (Wildman–Crippen MR) is 61.9 cm³/mol. The lowest BCUT2D eigenvalue weighted by molar-refractivity contribution is 0.197. The van der Waals surface area contributed by atoms with Crippen molar-refractivity contribution in [2.45, 2.75) is 51.0 Å². The van der Waals surface area contributed by atoms with Crippen LogP contribution in [0.2, 0.25) is 0 Å². The second-order valence-corrected chi connectivity index (χ2v) is 5.26. The number of hydrogen-bond donors (Lipinski definition) is 0. The average Bonchev–Trinajstić information content (AvgIpc) is 2.67. The third kappa shape index (κ3) is 2.64. The van der Waals surface area contributed by atoms with E-state index in [1.165, 1.54) is 58.0 Å². The highest BCUT2D eigenvalue weighted by Gasteiger charge is 2.26. The molecular weight excluding hydrogens is 194 g/mol. The van der Waals surface area contributed by atoms with Crippen LogP contribution in [-0.4, -0.2) is 29.9 Å². The zero-order valence-electron chi connectivity index (χ0n) is 9.05.